The van der Waals surface area contributed by atoms with E-state index < -0.39 is 0 Å². The van der Waals surface area contributed by atoms with Gasteiger partial charge < -0.3 is 10.0 Å². The van der Waals surface area contributed by atoms with Crippen molar-refractivity contribution in [3.8, 4) is 28.8 Å². The van der Waals surface area contributed by atoms with Crippen LogP contribution in [0, 0.1) is 17.9 Å². The Morgan fingerprint density at radius 3 is 2.29 bits per heavy atom. The first-order chi connectivity index (χ1) is 21.3. The van der Waals surface area contributed by atoms with Gasteiger partial charge in [-0.3, -0.25) is 4.98 Å². The van der Waals surface area contributed by atoms with Gasteiger partial charge >= 0.3 is 0 Å². The molecule has 0 radical (unpaired) electrons. The standard InChI is InChI=1S/C40H32N3O.Pt/c1-26(2)30-19-22-37(44)39-31(30)18-21-34(42-39)29-17-20-33-36(24-29)43(35-13-9-8-12-32(35)40(33,3)4)38-23-16-28(25-41-38)15-14-27-10-6-5-7-11-27;/h5-13,16-23,25-26,44H,1-4H3;/q-1;. The average molecular weight is 766 g/mol. The van der Waals surface area contributed by atoms with Gasteiger partial charge in [-0.15, -0.1) is 23.8 Å². The third-order valence-corrected chi connectivity index (χ3v) is 8.51. The largest absolute Gasteiger partial charge is 0.506 e. The van der Waals surface area contributed by atoms with E-state index in [1.165, 1.54) is 11.1 Å². The summed E-state index contributed by atoms with van der Waals surface area (Å²) in [5.41, 5.74) is 9.33. The average Bonchev–Trinajstić information content (AvgIpc) is 3.05. The number of rotatable bonds is 3. The van der Waals surface area contributed by atoms with E-state index in [-0.39, 0.29) is 32.2 Å². The van der Waals surface area contributed by atoms with Crippen LogP contribution in [0.3, 0.4) is 0 Å². The molecule has 0 bridgehead atoms. The molecule has 224 valence electrons. The zero-order valence-electron chi connectivity index (χ0n) is 25.6. The summed E-state index contributed by atoms with van der Waals surface area (Å²) in [6.07, 6.45) is 1.83. The molecule has 5 heteroatoms. The molecule has 6 aromatic rings. The van der Waals surface area contributed by atoms with Crippen LogP contribution in [0.5, 0.6) is 5.75 Å². The predicted octanol–water partition coefficient (Wildman–Crippen LogP) is 9.43. The van der Waals surface area contributed by atoms with Gasteiger partial charge in [0.15, 0.2) is 0 Å². The van der Waals surface area contributed by atoms with E-state index in [0.29, 0.717) is 11.4 Å². The number of para-hydroxylation sites is 1. The van der Waals surface area contributed by atoms with E-state index in [4.69, 9.17) is 9.97 Å². The Morgan fingerprint density at radius 2 is 1.53 bits per heavy atom. The molecule has 0 atom stereocenters. The van der Waals surface area contributed by atoms with E-state index in [1.54, 1.807) is 6.07 Å². The quantitative estimate of drug-likeness (QED) is 0.144. The van der Waals surface area contributed by atoms with Crippen LogP contribution < -0.4 is 4.90 Å². The summed E-state index contributed by atoms with van der Waals surface area (Å²) in [7, 11) is 0. The summed E-state index contributed by atoms with van der Waals surface area (Å²) in [4.78, 5) is 12.0. The van der Waals surface area contributed by atoms with Crippen LogP contribution in [0.2, 0.25) is 0 Å². The van der Waals surface area contributed by atoms with Crippen molar-refractivity contribution in [1.82, 2.24) is 9.97 Å². The molecule has 0 aliphatic carbocycles. The maximum Gasteiger partial charge on any atom is 0.140 e. The van der Waals surface area contributed by atoms with Crippen molar-refractivity contribution in [3.05, 3.63) is 143 Å². The topological polar surface area (TPSA) is 49.3 Å². The number of phenols is 1. The maximum atomic E-state index is 10.7. The molecule has 1 aliphatic rings. The summed E-state index contributed by atoms with van der Waals surface area (Å²) < 4.78 is 0. The smallest absolute Gasteiger partial charge is 0.140 e. The zero-order valence-corrected chi connectivity index (χ0v) is 27.8. The zero-order chi connectivity index (χ0) is 30.4. The minimum atomic E-state index is -0.250. The summed E-state index contributed by atoms with van der Waals surface area (Å²) in [5.74, 6) is 7.75. The SMILES string of the molecule is CC(C)c1ccc(O)c2nc(-c3[c-]c4c(cc3)C(C)(C)c3ccccc3N4c3ccc(C#Cc4ccccc4)cn3)ccc12.[Pt]. The van der Waals surface area contributed by atoms with Crippen LogP contribution in [-0.4, -0.2) is 15.1 Å². The molecule has 0 spiro atoms. The molecular weight excluding hydrogens is 734 g/mol. The van der Waals surface area contributed by atoms with Gasteiger partial charge in [-0.1, -0.05) is 99.7 Å². The van der Waals surface area contributed by atoms with Crippen LogP contribution in [0.25, 0.3) is 22.2 Å². The molecule has 4 nitrogen and oxygen atoms in total. The summed E-state index contributed by atoms with van der Waals surface area (Å²) >= 11 is 0. The predicted molar refractivity (Wildman–Crippen MR) is 179 cm³/mol. The number of pyridine rings is 2. The number of hydrogen-bond donors (Lipinski definition) is 1. The first-order valence-corrected chi connectivity index (χ1v) is 14.9. The van der Waals surface area contributed by atoms with E-state index in [2.05, 4.69) is 93.0 Å². The first-order valence-electron chi connectivity index (χ1n) is 14.9. The van der Waals surface area contributed by atoms with Crippen LogP contribution in [0.4, 0.5) is 17.2 Å². The number of aromatic hydroxyl groups is 1. The Balaban J connectivity index is 0.00000357. The molecule has 45 heavy (non-hydrogen) atoms. The van der Waals surface area contributed by atoms with Crippen LogP contribution in [0.15, 0.2) is 109 Å². The molecule has 1 N–H and O–H groups in total. The second-order valence-corrected chi connectivity index (χ2v) is 12.1. The summed E-state index contributed by atoms with van der Waals surface area (Å²) in [6, 6.07) is 38.3. The number of aromatic nitrogens is 2. The fourth-order valence-corrected chi connectivity index (χ4v) is 6.15. The van der Waals surface area contributed by atoms with Crippen molar-refractivity contribution in [2.24, 2.45) is 0 Å². The van der Waals surface area contributed by atoms with E-state index >= 15 is 0 Å². The fourth-order valence-electron chi connectivity index (χ4n) is 6.15. The molecule has 0 amide bonds. The van der Waals surface area contributed by atoms with Crippen molar-refractivity contribution in [2.45, 2.75) is 39.0 Å². The maximum absolute atomic E-state index is 10.7. The Bertz CT molecular complexity index is 2090. The van der Waals surface area contributed by atoms with E-state index in [0.717, 1.165) is 50.5 Å². The number of anilines is 3. The van der Waals surface area contributed by atoms with Crippen molar-refractivity contribution in [3.63, 3.8) is 0 Å². The van der Waals surface area contributed by atoms with E-state index in [9.17, 15) is 5.11 Å². The molecule has 0 unspecified atom stereocenters. The number of benzene rings is 4. The van der Waals surface area contributed by atoms with Crippen LogP contribution in [0.1, 0.15) is 61.4 Å². The van der Waals surface area contributed by atoms with E-state index in [1.807, 2.05) is 60.8 Å². The second-order valence-electron chi connectivity index (χ2n) is 12.1. The number of nitrogens with zero attached hydrogens (tertiary/aromatic N) is 3. The monoisotopic (exact) mass is 765 g/mol. The van der Waals surface area contributed by atoms with Gasteiger partial charge in [-0.25, -0.2) is 4.98 Å². The van der Waals surface area contributed by atoms with Gasteiger partial charge in [0.2, 0.25) is 0 Å². The van der Waals surface area contributed by atoms with Gasteiger partial charge in [-0.2, -0.15) is 0 Å². The van der Waals surface area contributed by atoms with Gasteiger partial charge in [0, 0.05) is 49.5 Å². The Kier molecular flexibility index (Phi) is 8.08. The Morgan fingerprint density at radius 1 is 0.778 bits per heavy atom. The molecule has 4 aromatic carbocycles. The molecule has 0 fully saturated rings. The van der Waals surface area contributed by atoms with Crippen molar-refractivity contribution in [1.29, 1.82) is 0 Å². The second kappa shape index (κ2) is 12.0. The van der Waals surface area contributed by atoms with Gasteiger partial charge in [0.1, 0.15) is 17.1 Å². The van der Waals surface area contributed by atoms with Crippen LogP contribution >= 0.6 is 0 Å². The molecule has 3 heterocycles. The normalized spacial score (nSPS) is 13.0. The van der Waals surface area contributed by atoms with Gasteiger partial charge in [-0.05, 0) is 70.2 Å². The molecule has 2 aromatic heterocycles. The summed E-state index contributed by atoms with van der Waals surface area (Å²) in [6.45, 7) is 8.82. The third kappa shape index (κ3) is 5.43. The fraction of sp³-hybridized carbons (Fsp3) is 0.150. The minimum absolute atomic E-state index is 0. The Hall–Kier alpha value is -4.71. The molecular formula is C40H32N3OPt-. The van der Waals surface area contributed by atoms with Gasteiger partial charge in [0.05, 0.1) is 0 Å². The molecule has 7 rings (SSSR count). The third-order valence-electron chi connectivity index (χ3n) is 8.51. The molecule has 0 saturated heterocycles. The number of fused-ring (bicyclic) bond motifs is 3. The minimum Gasteiger partial charge on any atom is -0.506 e. The number of hydrogen-bond acceptors (Lipinski definition) is 4. The summed E-state index contributed by atoms with van der Waals surface area (Å²) in [5, 5.41) is 11.7. The van der Waals surface area contributed by atoms with Crippen molar-refractivity contribution in [2.75, 3.05) is 4.90 Å². The molecule has 0 saturated carbocycles. The first kappa shape index (κ1) is 30.3. The van der Waals surface area contributed by atoms with Crippen molar-refractivity contribution < 1.29 is 26.2 Å². The van der Waals surface area contributed by atoms with Crippen LogP contribution in [-0.2, 0) is 26.5 Å². The number of phenolic OH excluding ortho intramolecular Hbond substituents is 1. The van der Waals surface area contributed by atoms with Crippen molar-refractivity contribution >= 4 is 28.1 Å². The Labute approximate surface area is 279 Å². The van der Waals surface area contributed by atoms with Gasteiger partial charge in [0.25, 0.3) is 0 Å². The molecule has 1 aliphatic heterocycles.